The van der Waals surface area contributed by atoms with Crippen LogP contribution in [0.5, 0.6) is 5.88 Å². The number of Topliss-reactive ketones (excluding diaryl/α,β-unsaturated/α-hetero) is 1. The summed E-state index contributed by atoms with van der Waals surface area (Å²) in [5.74, 6) is 0.607. The van der Waals surface area contributed by atoms with Crippen molar-refractivity contribution in [2.45, 2.75) is 19.3 Å². The summed E-state index contributed by atoms with van der Waals surface area (Å²) in [4.78, 5) is 15.7. The van der Waals surface area contributed by atoms with Crippen LogP contribution in [0.25, 0.3) is 0 Å². The van der Waals surface area contributed by atoms with Gasteiger partial charge in [0.25, 0.3) is 0 Å². The Labute approximate surface area is 90.6 Å². The van der Waals surface area contributed by atoms with Crippen molar-refractivity contribution in [2.24, 2.45) is 0 Å². The van der Waals surface area contributed by atoms with Gasteiger partial charge in [-0.05, 0) is 40.4 Å². The number of hydrogen-bond donors (Lipinski definition) is 0. The summed E-state index contributed by atoms with van der Waals surface area (Å²) >= 11 is 3.36. The molecule has 0 saturated heterocycles. The molecule has 0 bridgehead atoms. The van der Waals surface area contributed by atoms with Crippen LogP contribution in [0.3, 0.4) is 0 Å². The van der Waals surface area contributed by atoms with Gasteiger partial charge in [-0.2, -0.15) is 0 Å². The van der Waals surface area contributed by atoms with Crippen LogP contribution in [0, 0.1) is 0 Å². The zero-order chi connectivity index (χ0) is 10.1. The van der Waals surface area contributed by atoms with E-state index >= 15 is 0 Å². The fourth-order valence-corrected chi connectivity index (χ4v) is 2.17. The van der Waals surface area contributed by atoms with E-state index in [-0.39, 0.29) is 5.78 Å². The molecule has 2 rings (SSSR count). The van der Waals surface area contributed by atoms with E-state index < -0.39 is 0 Å². The number of aryl methyl sites for hydroxylation is 1. The van der Waals surface area contributed by atoms with Crippen LogP contribution in [0.15, 0.2) is 10.5 Å². The van der Waals surface area contributed by atoms with Crippen LogP contribution in [-0.4, -0.2) is 17.9 Å². The molecular formula is C10H10BrNO2. The number of pyridine rings is 1. The minimum absolute atomic E-state index is 0.122. The topological polar surface area (TPSA) is 39.2 Å². The van der Waals surface area contributed by atoms with Crippen LogP contribution in [-0.2, 0) is 6.42 Å². The number of hydrogen-bond acceptors (Lipinski definition) is 3. The van der Waals surface area contributed by atoms with Crippen LogP contribution in [0.1, 0.15) is 28.9 Å². The number of aromatic nitrogens is 1. The Balaban J connectivity index is 2.54. The van der Waals surface area contributed by atoms with E-state index in [4.69, 9.17) is 4.74 Å². The predicted molar refractivity (Wildman–Crippen MR) is 55.8 cm³/mol. The van der Waals surface area contributed by atoms with Gasteiger partial charge in [0.15, 0.2) is 5.78 Å². The van der Waals surface area contributed by atoms with E-state index in [1.54, 1.807) is 7.11 Å². The molecule has 0 unspecified atom stereocenters. The number of carbonyl (C=O) groups excluding carboxylic acids is 1. The Morgan fingerprint density at radius 3 is 3.00 bits per heavy atom. The molecule has 0 radical (unpaired) electrons. The summed E-state index contributed by atoms with van der Waals surface area (Å²) in [7, 11) is 1.55. The minimum Gasteiger partial charge on any atom is -0.480 e. The maximum Gasteiger partial charge on any atom is 0.228 e. The maximum atomic E-state index is 11.5. The molecule has 0 atom stereocenters. The van der Waals surface area contributed by atoms with Crippen molar-refractivity contribution in [3.05, 3.63) is 21.8 Å². The summed E-state index contributed by atoms with van der Waals surface area (Å²) in [5.41, 5.74) is 1.60. The third-order valence-corrected chi connectivity index (χ3v) is 2.90. The largest absolute Gasteiger partial charge is 0.480 e. The van der Waals surface area contributed by atoms with Crippen molar-refractivity contribution in [2.75, 3.05) is 7.11 Å². The molecule has 0 aliphatic heterocycles. The average Bonchev–Trinajstić information content (AvgIpc) is 2.17. The average molecular weight is 256 g/mol. The van der Waals surface area contributed by atoms with Gasteiger partial charge in [-0.25, -0.2) is 4.98 Å². The van der Waals surface area contributed by atoms with Gasteiger partial charge >= 0.3 is 0 Å². The lowest BCUT2D eigenvalue weighted by Gasteiger charge is -2.15. The van der Waals surface area contributed by atoms with E-state index in [1.165, 1.54) is 0 Å². The summed E-state index contributed by atoms with van der Waals surface area (Å²) in [5, 5.41) is 0. The molecule has 0 amide bonds. The number of halogens is 1. The van der Waals surface area contributed by atoms with E-state index in [0.29, 0.717) is 18.0 Å². The van der Waals surface area contributed by atoms with E-state index in [1.807, 2.05) is 6.07 Å². The monoisotopic (exact) mass is 255 g/mol. The smallest absolute Gasteiger partial charge is 0.228 e. The molecule has 1 aliphatic rings. The van der Waals surface area contributed by atoms with Gasteiger partial charge in [-0.15, -0.1) is 0 Å². The number of carbonyl (C=O) groups is 1. The lowest BCUT2D eigenvalue weighted by atomic mass is 9.95. The summed E-state index contributed by atoms with van der Waals surface area (Å²) in [6, 6.07) is 1.93. The van der Waals surface area contributed by atoms with Crippen LogP contribution >= 0.6 is 15.9 Å². The van der Waals surface area contributed by atoms with E-state index in [0.717, 1.165) is 22.9 Å². The van der Waals surface area contributed by atoms with Gasteiger partial charge in [0.05, 0.1) is 11.6 Å². The Bertz CT molecular complexity index is 390. The highest BCUT2D eigenvalue weighted by molar-refractivity contribution is 9.10. The fourth-order valence-electron chi connectivity index (χ4n) is 1.64. The second-order valence-corrected chi connectivity index (χ2v) is 4.12. The Kier molecular flexibility index (Phi) is 2.54. The SMILES string of the molecule is COc1nc2c(cc1Br)CCCC2=O. The zero-order valence-electron chi connectivity index (χ0n) is 7.84. The highest BCUT2D eigenvalue weighted by Crippen LogP contribution is 2.29. The highest BCUT2D eigenvalue weighted by atomic mass is 79.9. The second-order valence-electron chi connectivity index (χ2n) is 3.26. The first-order valence-electron chi connectivity index (χ1n) is 4.49. The number of fused-ring (bicyclic) bond motifs is 1. The van der Waals surface area contributed by atoms with Crippen molar-refractivity contribution < 1.29 is 9.53 Å². The molecule has 0 N–H and O–H groups in total. The standard InChI is InChI=1S/C10H10BrNO2/c1-14-10-7(11)5-6-3-2-4-8(13)9(6)12-10/h5H,2-4H2,1H3. The lowest BCUT2D eigenvalue weighted by molar-refractivity contribution is 0.0966. The van der Waals surface area contributed by atoms with Crippen molar-refractivity contribution in [3.63, 3.8) is 0 Å². The van der Waals surface area contributed by atoms with Gasteiger partial charge in [0.2, 0.25) is 5.88 Å². The molecule has 0 aromatic carbocycles. The normalized spacial score (nSPS) is 15.1. The summed E-state index contributed by atoms with van der Waals surface area (Å²) in [6.45, 7) is 0. The lowest BCUT2D eigenvalue weighted by Crippen LogP contribution is -2.13. The van der Waals surface area contributed by atoms with Gasteiger partial charge in [-0.3, -0.25) is 4.79 Å². The molecule has 14 heavy (non-hydrogen) atoms. The molecule has 0 spiro atoms. The van der Waals surface area contributed by atoms with E-state index in [9.17, 15) is 4.79 Å². The first-order chi connectivity index (χ1) is 6.72. The number of ether oxygens (including phenoxy) is 1. The molecule has 1 aliphatic carbocycles. The first-order valence-corrected chi connectivity index (χ1v) is 5.28. The molecule has 4 heteroatoms. The molecule has 0 saturated carbocycles. The fraction of sp³-hybridized carbons (Fsp3) is 0.400. The zero-order valence-corrected chi connectivity index (χ0v) is 9.43. The minimum atomic E-state index is 0.122. The number of rotatable bonds is 1. The third kappa shape index (κ3) is 1.54. The quantitative estimate of drug-likeness (QED) is 0.774. The second kappa shape index (κ2) is 3.69. The molecule has 0 fully saturated rings. The van der Waals surface area contributed by atoms with E-state index in [2.05, 4.69) is 20.9 Å². The van der Waals surface area contributed by atoms with Gasteiger partial charge in [-0.1, -0.05) is 0 Å². The highest BCUT2D eigenvalue weighted by Gasteiger charge is 2.20. The van der Waals surface area contributed by atoms with Crippen molar-refractivity contribution >= 4 is 21.7 Å². The maximum absolute atomic E-state index is 11.5. The number of ketones is 1. The summed E-state index contributed by atoms with van der Waals surface area (Å²) < 4.78 is 5.86. The Morgan fingerprint density at radius 1 is 1.50 bits per heavy atom. The molecular weight excluding hydrogens is 246 g/mol. The van der Waals surface area contributed by atoms with Crippen LogP contribution in [0.2, 0.25) is 0 Å². The molecule has 1 heterocycles. The number of nitrogens with zero attached hydrogens (tertiary/aromatic N) is 1. The Morgan fingerprint density at radius 2 is 2.29 bits per heavy atom. The first kappa shape index (κ1) is 9.65. The molecule has 3 nitrogen and oxygen atoms in total. The van der Waals surface area contributed by atoms with Crippen molar-refractivity contribution in [1.82, 2.24) is 4.98 Å². The van der Waals surface area contributed by atoms with Crippen LogP contribution < -0.4 is 4.74 Å². The number of methoxy groups -OCH3 is 1. The molecule has 1 aromatic heterocycles. The van der Waals surface area contributed by atoms with Crippen molar-refractivity contribution in [3.8, 4) is 5.88 Å². The molecule has 1 aromatic rings. The third-order valence-electron chi connectivity index (χ3n) is 2.33. The van der Waals surface area contributed by atoms with Gasteiger partial charge in [0.1, 0.15) is 5.69 Å². The Hall–Kier alpha value is -0.900. The predicted octanol–water partition coefficient (Wildman–Crippen LogP) is 2.37. The van der Waals surface area contributed by atoms with Crippen molar-refractivity contribution in [1.29, 1.82) is 0 Å². The van der Waals surface area contributed by atoms with Gasteiger partial charge in [0, 0.05) is 6.42 Å². The summed E-state index contributed by atoms with van der Waals surface area (Å²) in [6.07, 6.45) is 2.45. The molecule has 74 valence electrons. The van der Waals surface area contributed by atoms with Gasteiger partial charge < -0.3 is 4.74 Å². The van der Waals surface area contributed by atoms with Crippen LogP contribution in [0.4, 0.5) is 0 Å².